The van der Waals surface area contributed by atoms with Crippen molar-refractivity contribution < 1.29 is 18.0 Å². The number of hydrogen-bond donors (Lipinski definition) is 1. The Morgan fingerprint density at radius 3 is 2.12 bits per heavy atom. The molecule has 0 atom stereocenters. The Hall–Kier alpha value is -2.91. The molecule has 1 aliphatic rings. The van der Waals surface area contributed by atoms with E-state index in [0.717, 1.165) is 35.9 Å². The maximum absolute atomic E-state index is 13.2. The Bertz CT molecular complexity index is 1100. The summed E-state index contributed by atoms with van der Waals surface area (Å²) < 4.78 is 26.4. The van der Waals surface area contributed by atoms with Crippen molar-refractivity contribution in [2.75, 3.05) is 50.5 Å². The summed E-state index contributed by atoms with van der Waals surface area (Å²) in [6.45, 7) is 6.75. The van der Waals surface area contributed by atoms with Gasteiger partial charge < -0.3 is 15.1 Å². The first-order chi connectivity index (χ1) is 15.7. The van der Waals surface area contributed by atoms with Gasteiger partial charge in [0, 0.05) is 57.2 Å². The predicted octanol–water partition coefficient (Wildman–Crippen LogP) is 3.27. The lowest BCUT2D eigenvalue weighted by Crippen LogP contribution is -2.30. The number of hydrogen-bond acceptors (Lipinski definition) is 5. The molecule has 8 nitrogen and oxygen atoms in total. The summed E-state index contributed by atoms with van der Waals surface area (Å²) in [6, 6.07) is 11.4. The molecule has 0 bridgehead atoms. The number of nitrogens with zero attached hydrogens (tertiary/aromatic N) is 3. The molecule has 2 aromatic rings. The van der Waals surface area contributed by atoms with Crippen LogP contribution in [0.25, 0.3) is 0 Å². The van der Waals surface area contributed by atoms with Gasteiger partial charge in [-0.1, -0.05) is 0 Å². The third kappa shape index (κ3) is 5.36. The van der Waals surface area contributed by atoms with E-state index in [1.807, 2.05) is 13.8 Å². The number of carbonyl (C=O) groups is 2. The van der Waals surface area contributed by atoms with Crippen LogP contribution in [0, 0.1) is 0 Å². The quantitative estimate of drug-likeness (QED) is 0.637. The topological polar surface area (TPSA) is 90.0 Å². The Kier molecular flexibility index (Phi) is 7.76. The van der Waals surface area contributed by atoms with Crippen LogP contribution in [0.3, 0.4) is 0 Å². The van der Waals surface area contributed by atoms with E-state index in [-0.39, 0.29) is 10.8 Å². The highest BCUT2D eigenvalue weighted by Crippen LogP contribution is 2.29. The Balaban J connectivity index is 1.89. The van der Waals surface area contributed by atoms with Crippen molar-refractivity contribution in [3.8, 4) is 0 Å². The van der Waals surface area contributed by atoms with Crippen molar-refractivity contribution in [3.63, 3.8) is 0 Å². The van der Waals surface area contributed by atoms with E-state index in [1.165, 1.54) is 20.2 Å². The molecule has 1 fully saturated rings. The van der Waals surface area contributed by atoms with Crippen molar-refractivity contribution in [1.82, 2.24) is 9.21 Å². The number of carbonyl (C=O) groups excluding carboxylic acids is 2. The highest BCUT2D eigenvalue weighted by molar-refractivity contribution is 7.89. The van der Waals surface area contributed by atoms with Gasteiger partial charge in [-0.3, -0.25) is 9.59 Å². The van der Waals surface area contributed by atoms with E-state index in [4.69, 9.17) is 0 Å². The van der Waals surface area contributed by atoms with Crippen molar-refractivity contribution in [2.45, 2.75) is 31.6 Å². The van der Waals surface area contributed by atoms with Crippen LogP contribution >= 0.6 is 0 Å². The van der Waals surface area contributed by atoms with Gasteiger partial charge in [0.2, 0.25) is 10.0 Å². The lowest BCUT2D eigenvalue weighted by atomic mass is 10.1. The third-order valence-corrected chi connectivity index (χ3v) is 7.69. The number of nitrogens with one attached hydrogen (secondary N) is 1. The van der Waals surface area contributed by atoms with Gasteiger partial charge in [0.1, 0.15) is 0 Å². The lowest BCUT2D eigenvalue weighted by Gasteiger charge is -2.22. The van der Waals surface area contributed by atoms with Gasteiger partial charge in [-0.25, -0.2) is 12.7 Å². The summed E-state index contributed by atoms with van der Waals surface area (Å²) in [4.78, 5) is 29.7. The molecule has 1 N–H and O–H groups in total. The Labute approximate surface area is 196 Å². The highest BCUT2D eigenvalue weighted by atomic mass is 32.2. The van der Waals surface area contributed by atoms with Crippen LogP contribution < -0.4 is 10.2 Å². The minimum absolute atomic E-state index is 0.0595. The molecule has 2 aromatic carbocycles. The molecule has 0 saturated carbocycles. The molecule has 1 aliphatic heterocycles. The molecule has 0 aliphatic carbocycles. The van der Waals surface area contributed by atoms with Crippen molar-refractivity contribution in [2.24, 2.45) is 0 Å². The second-order valence-electron chi connectivity index (χ2n) is 8.17. The molecule has 0 spiro atoms. The van der Waals surface area contributed by atoms with Crippen LogP contribution in [0.15, 0.2) is 47.4 Å². The molecule has 0 aromatic heterocycles. The van der Waals surface area contributed by atoms with Gasteiger partial charge in [-0.15, -0.1) is 0 Å². The molecule has 1 saturated heterocycles. The molecule has 9 heteroatoms. The zero-order valence-electron chi connectivity index (χ0n) is 19.7. The SMILES string of the molecule is CCN(CC)C(=O)c1ccc(NC(=O)c2cc(S(=O)(=O)N(C)C)ccc2N2CCCC2)cc1. The summed E-state index contributed by atoms with van der Waals surface area (Å²) in [5.74, 6) is -0.452. The third-order valence-electron chi connectivity index (χ3n) is 5.88. The highest BCUT2D eigenvalue weighted by Gasteiger charge is 2.25. The molecule has 1 heterocycles. The molecular formula is C24H32N4O4S. The van der Waals surface area contributed by atoms with Crippen molar-refractivity contribution >= 4 is 33.2 Å². The number of benzene rings is 2. The van der Waals surface area contributed by atoms with Crippen LogP contribution in [0.1, 0.15) is 47.4 Å². The zero-order valence-corrected chi connectivity index (χ0v) is 20.5. The monoisotopic (exact) mass is 472 g/mol. The summed E-state index contributed by atoms with van der Waals surface area (Å²) in [7, 11) is -0.756. The summed E-state index contributed by atoms with van der Waals surface area (Å²) in [5, 5.41) is 2.85. The van der Waals surface area contributed by atoms with Crippen LogP contribution in [0.5, 0.6) is 0 Å². The van der Waals surface area contributed by atoms with Crippen molar-refractivity contribution in [3.05, 3.63) is 53.6 Å². The van der Waals surface area contributed by atoms with Gasteiger partial charge in [0.25, 0.3) is 11.8 Å². The largest absolute Gasteiger partial charge is 0.371 e. The van der Waals surface area contributed by atoms with Gasteiger partial charge in [0.15, 0.2) is 0 Å². The minimum atomic E-state index is -3.68. The van der Waals surface area contributed by atoms with Gasteiger partial charge >= 0.3 is 0 Å². The standard InChI is InChI=1S/C24H32N4O4S/c1-5-27(6-2)24(30)18-9-11-19(12-10-18)25-23(29)21-17-20(33(31,32)26(3)4)13-14-22(21)28-15-7-8-16-28/h9-14,17H,5-8,15-16H2,1-4H3,(H,25,29). The Morgan fingerprint density at radius 1 is 0.970 bits per heavy atom. The second kappa shape index (κ2) is 10.4. The van der Waals surface area contributed by atoms with Gasteiger partial charge in [-0.2, -0.15) is 0 Å². The average molecular weight is 473 g/mol. The van der Waals surface area contributed by atoms with Crippen LogP contribution in [-0.4, -0.2) is 69.7 Å². The normalized spacial score (nSPS) is 13.9. The number of sulfonamides is 1. The summed E-state index contributed by atoms with van der Waals surface area (Å²) >= 11 is 0. The van der Waals surface area contributed by atoms with Gasteiger partial charge in [0.05, 0.1) is 10.5 Å². The number of amides is 2. The fourth-order valence-electron chi connectivity index (χ4n) is 3.89. The fourth-order valence-corrected chi connectivity index (χ4v) is 4.82. The number of rotatable bonds is 8. The molecule has 0 unspecified atom stereocenters. The Morgan fingerprint density at radius 2 is 1.58 bits per heavy atom. The molecule has 178 valence electrons. The number of anilines is 2. The maximum atomic E-state index is 13.2. The van der Waals surface area contributed by atoms with E-state index < -0.39 is 15.9 Å². The summed E-state index contributed by atoms with van der Waals surface area (Å²) in [5.41, 5.74) is 2.11. The molecule has 33 heavy (non-hydrogen) atoms. The molecule has 0 radical (unpaired) electrons. The first kappa shape index (κ1) is 24.7. The average Bonchev–Trinajstić information content (AvgIpc) is 3.34. The maximum Gasteiger partial charge on any atom is 0.257 e. The smallest absolute Gasteiger partial charge is 0.257 e. The van der Waals surface area contributed by atoms with Crippen LogP contribution in [0.2, 0.25) is 0 Å². The summed E-state index contributed by atoms with van der Waals surface area (Å²) in [6.07, 6.45) is 2.06. The minimum Gasteiger partial charge on any atom is -0.371 e. The molecule has 3 rings (SSSR count). The molecule has 2 amide bonds. The van der Waals surface area contributed by atoms with Gasteiger partial charge in [-0.05, 0) is 69.2 Å². The van der Waals surface area contributed by atoms with E-state index in [9.17, 15) is 18.0 Å². The zero-order chi connectivity index (χ0) is 24.2. The van der Waals surface area contributed by atoms with Crippen LogP contribution in [-0.2, 0) is 10.0 Å². The van der Waals surface area contributed by atoms with E-state index in [1.54, 1.807) is 41.3 Å². The lowest BCUT2D eigenvalue weighted by molar-refractivity contribution is 0.0773. The fraction of sp³-hybridized carbons (Fsp3) is 0.417. The van der Waals surface area contributed by atoms with E-state index in [2.05, 4.69) is 10.2 Å². The van der Waals surface area contributed by atoms with E-state index >= 15 is 0 Å². The second-order valence-corrected chi connectivity index (χ2v) is 10.3. The first-order valence-corrected chi connectivity index (χ1v) is 12.6. The first-order valence-electron chi connectivity index (χ1n) is 11.2. The van der Waals surface area contributed by atoms with E-state index in [0.29, 0.717) is 29.9 Å². The predicted molar refractivity (Wildman–Crippen MR) is 130 cm³/mol. The van der Waals surface area contributed by atoms with Crippen LogP contribution in [0.4, 0.5) is 11.4 Å². The van der Waals surface area contributed by atoms with Crippen molar-refractivity contribution in [1.29, 1.82) is 0 Å². The molecular weight excluding hydrogens is 440 g/mol.